The number of amides is 1. The lowest BCUT2D eigenvalue weighted by atomic mass is 10.1. The van der Waals surface area contributed by atoms with E-state index in [0.29, 0.717) is 12.1 Å². The van der Waals surface area contributed by atoms with Gasteiger partial charge in [-0.2, -0.15) is 5.10 Å². The third-order valence-corrected chi connectivity index (χ3v) is 7.13. The maximum atomic E-state index is 12.2. The number of anilines is 1. The zero-order valence-corrected chi connectivity index (χ0v) is 20.5. The van der Waals surface area contributed by atoms with Gasteiger partial charge in [-0.25, -0.2) is 0 Å². The fourth-order valence-corrected chi connectivity index (χ4v) is 5.18. The number of thiophene rings is 1. The second-order valence-corrected chi connectivity index (χ2v) is 9.68. The van der Waals surface area contributed by atoms with E-state index in [9.17, 15) is 4.79 Å². The second kappa shape index (κ2) is 9.39. The van der Waals surface area contributed by atoms with Gasteiger partial charge >= 0.3 is 0 Å². The van der Waals surface area contributed by atoms with Gasteiger partial charge in [-0.05, 0) is 42.1 Å². The van der Waals surface area contributed by atoms with Crippen molar-refractivity contribution in [3.63, 3.8) is 0 Å². The summed E-state index contributed by atoms with van der Waals surface area (Å²) >= 11 is 1.73. The van der Waals surface area contributed by atoms with Crippen LogP contribution in [0, 0.1) is 0 Å². The van der Waals surface area contributed by atoms with Crippen LogP contribution in [-0.2, 0) is 4.79 Å². The minimum atomic E-state index is -0.00272. The minimum absolute atomic E-state index is 0.00272. The lowest BCUT2D eigenvalue weighted by Gasteiger charge is -2.07. The normalized spacial score (nSPS) is 11.4. The molecule has 0 aliphatic rings. The summed E-state index contributed by atoms with van der Waals surface area (Å²) in [7, 11) is 0. The van der Waals surface area contributed by atoms with E-state index in [0.717, 1.165) is 57.3 Å². The van der Waals surface area contributed by atoms with Gasteiger partial charge in [0, 0.05) is 44.9 Å². The van der Waals surface area contributed by atoms with Gasteiger partial charge in [0.2, 0.25) is 5.91 Å². The summed E-state index contributed by atoms with van der Waals surface area (Å²) in [6, 6.07) is 16.6. The molecule has 0 bridgehead atoms. The van der Waals surface area contributed by atoms with E-state index >= 15 is 0 Å². The van der Waals surface area contributed by atoms with Gasteiger partial charge in [0.05, 0.1) is 35.0 Å². The molecular weight excluding hydrogens is 468 g/mol. The summed E-state index contributed by atoms with van der Waals surface area (Å²) in [4.78, 5) is 25.9. The molecule has 0 unspecified atom stereocenters. The topological polar surface area (TPSA) is 99.4 Å². The van der Waals surface area contributed by atoms with Crippen LogP contribution in [0.4, 0.5) is 5.69 Å². The molecule has 8 heteroatoms. The van der Waals surface area contributed by atoms with Gasteiger partial charge in [0.25, 0.3) is 0 Å². The molecule has 0 atom stereocenters. The molecule has 0 spiro atoms. The molecule has 5 aromatic heterocycles. The Morgan fingerprint density at radius 3 is 2.83 bits per heavy atom. The van der Waals surface area contributed by atoms with Crippen molar-refractivity contribution in [2.24, 2.45) is 0 Å². The van der Waals surface area contributed by atoms with Crippen LogP contribution in [0.25, 0.3) is 54.9 Å². The average Bonchev–Trinajstić information content (AvgIpc) is 3.66. The number of benzene rings is 1. The number of aromatic amines is 2. The first-order valence-electron chi connectivity index (χ1n) is 11.9. The van der Waals surface area contributed by atoms with Crippen molar-refractivity contribution < 1.29 is 4.79 Å². The molecule has 0 saturated heterocycles. The monoisotopic (exact) mass is 492 g/mol. The van der Waals surface area contributed by atoms with Gasteiger partial charge in [0.1, 0.15) is 5.69 Å². The van der Waals surface area contributed by atoms with Gasteiger partial charge in [0.15, 0.2) is 0 Å². The Kier molecular flexibility index (Phi) is 5.79. The highest BCUT2D eigenvalue weighted by Gasteiger charge is 2.15. The van der Waals surface area contributed by atoms with Crippen LogP contribution in [0.5, 0.6) is 0 Å². The maximum absolute atomic E-state index is 12.2. The Labute approximate surface area is 211 Å². The number of aromatic nitrogens is 5. The fourth-order valence-electron chi connectivity index (χ4n) is 4.42. The molecule has 6 rings (SSSR count). The smallest absolute Gasteiger partial charge is 0.224 e. The van der Waals surface area contributed by atoms with Crippen molar-refractivity contribution in [3.8, 4) is 33.1 Å². The highest BCUT2D eigenvalue weighted by molar-refractivity contribution is 7.13. The van der Waals surface area contributed by atoms with Gasteiger partial charge in [-0.3, -0.25) is 19.9 Å². The summed E-state index contributed by atoms with van der Waals surface area (Å²) in [6.07, 6.45) is 7.55. The van der Waals surface area contributed by atoms with Crippen LogP contribution in [0.3, 0.4) is 0 Å². The SMILES string of the molecule is CCCCC(=O)Nc1cncc(-c2cc3c(-c4cc5c(-c6cccs6)cccc5[nH]4)n[nH]c3cn2)c1. The van der Waals surface area contributed by atoms with Crippen molar-refractivity contribution in [2.45, 2.75) is 26.2 Å². The molecule has 0 aliphatic carbocycles. The molecule has 3 N–H and O–H groups in total. The Balaban J connectivity index is 1.37. The molecule has 1 aromatic carbocycles. The Morgan fingerprint density at radius 2 is 1.97 bits per heavy atom. The van der Waals surface area contributed by atoms with Crippen molar-refractivity contribution in [2.75, 3.05) is 5.32 Å². The van der Waals surface area contributed by atoms with Crippen LogP contribution in [0.2, 0.25) is 0 Å². The number of unbranched alkanes of at least 4 members (excludes halogenated alkanes) is 1. The lowest BCUT2D eigenvalue weighted by Crippen LogP contribution is -2.11. The Morgan fingerprint density at radius 1 is 1.03 bits per heavy atom. The Bertz CT molecular complexity index is 1680. The number of hydrogen-bond acceptors (Lipinski definition) is 5. The summed E-state index contributed by atoms with van der Waals surface area (Å²) in [5.41, 5.74) is 7.15. The predicted octanol–water partition coefficient (Wildman–Crippen LogP) is 7.03. The van der Waals surface area contributed by atoms with E-state index < -0.39 is 0 Å². The summed E-state index contributed by atoms with van der Waals surface area (Å²) < 4.78 is 0. The molecule has 0 saturated carbocycles. The molecule has 7 nitrogen and oxygen atoms in total. The first-order chi connectivity index (χ1) is 17.7. The predicted molar refractivity (Wildman–Crippen MR) is 146 cm³/mol. The van der Waals surface area contributed by atoms with Crippen molar-refractivity contribution in [3.05, 3.63) is 72.5 Å². The average molecular weight is 493 g/mol. The number of carbonyl (C=O) groups excluding carboxylic acids is 1. The largest absolute Gasteiger partial charge is 0.353 e. The first-order valence-corrected chi connectivity index (χ1v) is 12.8. The van der Waals surface area contributed by atoms with Crippen LogP contribution in [0.1, 0.15) is 26.2 Å². The number of nitrogens with one attached hydrogen (secondary N) is 3. The first kappa shape index (κ1) is 22.2. The molecule has 6 aromatic rings. The van der Waals surface area contributed by atoms with Crippen LogP contribution < -0.4 is 5.32 Å². The molecule has 178 valence electrons. The van der Waals surface area contributed by atoms with E-state index in [2.05, 4.69) is 79.2 Å². The molecular formula is C28H24N6OS. The number of rotatable bonds is 7. The second-order valence-electron chi connectivity index (χ2n) is 8.73. The van der Waals surface area contributed by atoms with E-state index in [1.165, 1.54) is 10.4 Å². The maximum Gasteiger partial charge on any atom is 0.224 e. The zero-order valence-electron chi connectivity index (χ0n) is 19.7. The minimum Gasteiger partial charge on any atom is -0.353 e. The number of carbonyl (C=O) groups is 1. The van der Waals surface area contributed by atoms with Crippen LogP contribution in [0.15, 0.2) is 72.5 Å². The number of hydrogen-bond donors (Lipinski definition) is 3. The standard InChI is InChI=1S/C28H24N6OS/c1-2-3-9-27(35)31-18-11-17(14-29-15-18)23-13-21-25(16-30-23)33-34-28(21)24-12-20-19(26-8-5-10-36-26)6-4-7-22(20)32-24/h4-8,10-16,32H,2-3,9H2,1H3,(H,31,35)(H,33,34). The van der Waals surface area contributed by atoms with E-state index in [1.54, 1.807) is 29.9 Å². The molecule has 0 radical (unpaired) electrons. The van der Waals surface area contributed by atoms with Gasteiger partial charge in [-0.1, -0.05) is 31.5 Å². The third-order valence-electron chi connectivity index (χ3n) is 6.23. The fraction of sp³-hybridized carbons (Fsp3) is 0.143. The molecule has 36 heavy (non-hydrogen) atoms. The van der Waals surface area contributed by atoms with Crippen LogP contribution in [-0.4, -0.2) is 31.1 Å². The zero-order chi connectivity index (χ0) is 24.5. The summed E-state index contributed by atoms with van der Waals surface area (Å²) in [5.74, 6) is -0.00272. The molecule has 0 fully saturated rings. The van der Waals surface area contributed by atoms with E-state index in [-0.39, 0.29) is 5.91 Å². The highest BCUT2D eigenvalue weighted by Crippen LogP contribution is 2.36. The van der Waals surface area contributed by atoms with Crippen molar-refractivity contribution in [1.82, 2.24) is 25.1 Å². The number of fused-ring (bicyclic) bond motifs is 2. The number of nitrogens with zero attached hydrogens (tertiary/aromatic N) is 3. The van der Waals surface area contributed by atoms with Gasteiger partial charge < -0.3 is 10.3 Å². The van der Waals surface area contributed by atoms with Gasteiger partial charge in [-0.15, -0.1) is 11.3 Å². The number of pyridine rings is 2. The lowest BCUT2D eigenvalue weighted by molar-refractivity contribution is -0.116. The van der Waals surface area contributed by atoms with Crippen molar-refractivity contribution in [1.29, 1.82) is 0 Å². The summed E-state index contributed by atoms with van der Waals surface area (Å²) in [6.45, 7) is 2.07. The number of H-pyrrole nitrogens is 2. The highest BCUT2D eigenvalue weighted by atomic mass is 32.1. The van der Waals surface area contributed by atoms with E-state index in [1.807, 2.05) is 12.1 Å². The van der Waals surface area contributed by atoms with E-state index in [4.69, 9.17) is 0 Å². The third kappa shape index (κ3) is 4.16. The molecule has 1 amide bonds. The van der Waals surface area contributed by atoms with Crippen LogP contribution >= 0.6 is 11.3 Å². The quantitative estimate of drug-likeness (QED) is 0.223. The summed E-state index contributed by atoms with van der Waals surface area (Å²) in [5, 5.41) is 14.9. The molecule has 0 aliphatic heterocycles. The Hall–Kier alpha value is -4.30. The molecule has 5 heterocycles. The van der Waals surface area contributed by atoms with Crippen molar-refractivity contribution >= 4 is 44.7 Å².